The number of anilines is 1. The summed E-state index contributed by atoms with van der Waals surface area (Å²) in [7, 11) is 0. The summed E-state index contributed by atoms with van der Waals surface area (Å²) in [6.07, 6.45) is 5.89. The Labute approximate surface area is 152 Å². The summed E-state index contributed by atoms with van der Waals surface area (Å²) in [6.45, 7) is 3.18. The fraction of sp³-hybridized carbons (Fsp3) is 0.412. The van der Waals surface area contributed by atoms with Crippen LogP contribution in [-0.4, -0.2) is 46.5 Å². The molecule has 24 heavy (non-hydrogen) atoms. The molecule has 0 radical (unpaired) electrons. The van der Waals surface area contributed by atoms with Crippen molar-refractivity contribution in [2.75, 3.05) is 31.1 Å². The van der Waals surface area contributed by atoms with Crippen molar-refractivity contribution >= 4 is 35.9 Å². The highest BCUT2D eigenvalue weighted by molar-refractivity contribution is 6.30. The van der Waals surface area contributed by atoms with Crippen LogP contribution in [0.3, 0.4) is 0 Å². The van der Waals surface area contributed by atoms with Gasteiger partial charge in [0.05, 0.1) is 0 Å². The Balaban J connectivity index is 0.00000169. The number of hydrogen-bond acceptors (Lipinski definition) is 3. The number of rotatable bonds is 3. The zero-order valence-corrected chi connectivity index (χ0v) is 14.8. The van der Waals surface area contributed by atoms with Crippen LogP contribution in [0.1, 0.15) is 12.8 Å². The third-order valence-corrected chi connectivity index (χ3v) is 4.74. The summed E-state index contributed by atoms with van der Waals surface area (Å²) >= 11 is 6.10. The lowest BCUT2D eigenvalue weighted by molar-refractivity contribution is -0.132. The van der Waals surface area contributed by atoms with Crippen LogP contribution in [0, 0.1) is 5.92 Å². The first-order chi connectivity index (χ1) is 11.2. The average Bonchev–Trinajstić information content (AvgIpc) is 3.31. The number of amides is 1. The third kappa shape index (κ3) is 3.37. The largest absolute Gasteiger partial charge is 0.339 e. The van der Waals surface area contributed by atoms with Crippen molar-refractivity contribution in [1.82, 2.24) is 14.5 Å². The van der Waals surface area contributed by atoms with Gasteiger partial charge < -0.3 is 9.80 Å². The van der Waals surface area contributed by atoms with E-state index in [1.807, 2.05) is 39.9 Å². The molecular weight excluding hydrogens is 347 g/mol. The standard InChI is InChI=1S/C17H19ClN4O.ClH/c18-14-2-1-3-15(12-14)22-7-6-19-17(22)21-10-8-20(9-11-21)16(23)13-4-5-13;/h1-3,6-7,12-13H,4-5,8-11H2;1H. The van der Waals surface area contributed by atoms with E-state index in [1.54, 1.807) is 6.20 Å². The minimum atomic E-state index is 0. The Morgan fingerprint density at radius 2 is 1.92 bits per heavy atom. The van der Waals surface area contributed by atoms with E-state index in [2.05, 4.69) is 9.88 Å². The van der Waals surface area contributed by atoms with Crippen molar-refractivity contribution in [3.63, 3.8) is 0 Å². The second-order valence-electron chi connectivity index (χ2n) is 6.16. The first kappa shape index (κ1) is 17.1. The highest BCUT2D eigenvalue weighted by Gasteiger charge is 2.35. The van der Waals surface area contributed by atoms with Crippen molar-refractivity contribution in [1.29, 1.82) is 0 Å². The van der Waals surface area contributed by atoms with Crippen LogP contribution in [-0.2, 0) is 4.79 Å². The van der Waals surface area contributed by atoms with Crippen molar-refractivity contribution in [2.45, 2.75) is 12.8 Å². The molecule has 1 aliphatic carbocycles. The highest BCUT2D eigenvalue weighted by atomic mass is 35.5. The van der Waals surface area contributed by atoms with E-state index >= 15 is 0 Å². The molecule has 7 heteroatoms. The maximum absolute atomic E-state index is 12.2. The molecule has 0 bridgehead atoms. The molecule has 1 saturated heterocycles. The van der Waals surface area contributed by atoms with Gasteiger partial charge in [-0.15, -0.1) is 12.4 Å². The molecule has 1 aromatic carbocycles. The zero-order valence-electron chi connectivity index (χ0n) is 13.3. The Hall–Kier alpha value is -1.72. The van der Waals surface area contributed by atoms with Crippen LogP contribution < -0.4 is 4.90 Å². The van der Waals surface area contributed by atoms with E-state index in [1.165, 1.54) is 0 Å². The summed E-state index contributed by atoms with van der Waals surface area (Å²) < 4.78 is 2.05. The van der Waals surface area contributed by atoms with E-state index in [0.717, 1.165) is 50.7 Å². The monoisotopic (exact) mass is 366 g/mol. The lowest BCUT2D eigenvalue weighted by Crippen LogP contribution is -2.49. The number of halogens is 2. The van der Waals surface area contributed by atoms with Gasteiger partial charge in [-0.3, -0.25) is 9.36 Å². The van der Waals surface area contributed by atoms with Gasteiger partial charge in [0.25, 0.3) is 0 Å². The van der Waals surface area contributed by atoms with E-state index in [4.69, 9.17) is 11.6 Å². The number of piperazine rings is 1. The summed E-state index contributed by atoms with van der Waals surface area (Å²) in [6, 6.07) is 7.75. The van der Waals surface area contributed by atoms with Gasteiger partial charge in [0.2, 0.25) is 11.9 Å². The van der Waals surface area contributed by atoms with Gasteiger partial charge in [0, 0.05) is 55.2 Å². The maximum atomic E-state index is 12.2. The molecule has 128 valence electrons. The van der Waals surface area contributed by atoms with E-state index < -0.39 is 0 Å². The summed E-state index contributed by atoms with van der Waals surface area (Å²) in [5.41, 5.74) is 1.00. The lowest BCUT2D eigenvalue weighted by Gasteiger charge is -2.35. The molecule has 1 saturated carbocycles. The summed E-state index contributed by atoms with van der Waals surface area (Å²) in [5.74, 6) is 1.55. The smallest absolute Gasteiger partial charge is 0.225 e. The van der Waals surface area contributed by atoms with Gasteiger partial charge in [0.15, 0.2) is 0 Å². The van der Waals surface area contributed by atoms with Crippen molar-refractivity contribution < 1.29 is 4.79 Å². The normalized spacial score (nSPS) is 17.5. The van der Waals surface area contributed by atoms with Crippen LogP contribution in [0.4, 0.5) is 5.95 Å². The van der Waals surface area contributed by atoms with Crippen molar-refractivity contribution in [3.8, 4) is 5.69 Å². The fourth-order valence-electron chi connectivity index (χ4n) is 3.07. The van der Waals surface area contributed by atoms with Crippen LogP contribution in [0.5, 0.6) is 0 Å². The third-order valence-electron chi connectivity index (χ3n) is 4.51. The number of benzene rings is 1. The van der Waals surface area contributed by atoms with Gasteiger partial charge in [0.1, 0.15) is 0 Å². The predicted molar refractivity (Wildman–Crippen MR) is 97.3 cm³/mol. The van der Waals surface area contributed by atoms with Crippen LogP contribution in [0.15, 0.2) is 36.7 Å². The molecule has 2 aromatic rings. The van der Waals surface area contributed by atoms with Gasteiger partial charge in [-0.1, -0.05) is 17.7 Å². The summed E-state index contributed by atoms with van der Waals surface area (Å²) in [5, 5.41) is 0.710. The van der Waals surface area contributed by atoms with Gasteiger partial charge in [-0.2, -0.15) is 0 Å². The van der Waals surface area contributed by atoms with Crippen molar-refractivity contribution in [3.05, 3.63) is 41.7 Å². The molecule has 2 aliphatic rings. The van der Waals surface area contributed by atoms with Gasteiger partial charge in [-0.25, -0.2) is 4.98 Å². The molecule has 2 heterocycles. The first-order valence-corrected chi connectivity index (χ1v) is 8.43. The van der Waals surface area contributed by atoms with E-state index in [-0.39, 0.29) is 12.4 Å². The topological polar surface area (TPSA) is 41.4 Å². The second kappa shape index (κ2) is 7.03. The molecule has 1 aromatic heterocycles. The second-order valence-corrected chi connectivity index (χ2v) is 6.60. The van der Waals surface area contributed by atoms with Crippen LogP contribution >= 0.6 is 24.0 Å². The molecule has 1 aliphatic heterocycles. The highest BCUT2D eigenvalue weighted by Crippen LogP contribution is 2.31. The van der Waals surface area contributed by atoms with Crippen molar-refractivity contribution in [2.24, 2.45) is 5.92 Å². The number of carbonyl (C=O) groups excluding carboxylic acids is 1. The number of imidazole rings is 1. The Morgan fingerprint density at radius 1 is 1.17 bits per heavy atom. The number of hydrogen-bond donors (Lipinski definition) is 0. The maximum Gasteiger partial charge on any atom is 0.225 e. The molecule has 4 rings (SSSR count). The molecule has 1 amide bonds. The number of nitrogens with zero attached hydrogens (tertiary/aromatic N) is 4. The molecular formula is C17H20Cl2N4O. The number of aromatic nitrogens is 2. The molecule has 5 nitrogen and oxygen atoms in total. The quantitative estimate of drug-likeness (QED) is 0.838. The van der Waals surface area contributed by atoms with Crippen LogP contribution in [0.2, 0.25) is 5.02 Å². The van der Waals surface area contributed by atoms with E-state index in [0.29, 0.717) is 16.8 Å². The minimum Gasteiger partial charge on any atom is -0.339 e. The SMILES string of the molecule is Cl.O=C(C1CC1)N1CCN(c2nccn2-c2cccc(Cl)c2)CC1. The number of carbonyl (C=O) groups is 1. The van der Waals surface area contributed by atoms with Gasteiger partial charge in [-0.05, 0) is 31.0 Å². The molecule has 0 atom stereocenters. The zero-order chi connectivity index (χ0) is 15.8. The molecule has 0 spiro atoms. The Kier molecular flexibility index (Phi) is 5.01. The minimum absolute atomic E-state index is 0. The fourth-order valence-corrected chi connectivity index (χ4v) is 3.26. The summed E-state index contributed by atoms with van der Waals surface area (Å²) in [4.78, 5) is 20.9. The average molecular weight is 367 g/mol. The lowest BCUT2D eigenvalue weighted by atomic mass is 10.2. The Morgan fingerprint density at radius 3 is 2.58 bits per heavy atom. The molecule has 0 N–H and O–H groups in total. The molecule has 2 fully saturated rings. The molecule has 0 unspecified atom stereocenters. The van der Waals surface area contributed by atoms with Crippen LogP contribution in [0.25, 0.3) is 5.69 Å². The predicted octanol–water partition coefficient (Wildman–Crippen LogP) is 3.01. The Bertz CT molecular complexity index is 721. The first-order valence-electron chi connectivity index (χ1n) is 8.05. The van der Waals surface area contributed by atoms with E-state index in [9.17, 15) is 4.79 Å². The van der Waals surface area contributed by atoms with Gasteiger partial charge >= 0.3 is 0 Å².